The van der Waals surface area contributed by atoms with E-state index in [0.29, 0.717) is 16.8 Å². The van der Waals surface area contributed by atoms with Crippen LogP contribution in [0, 0.1) is 13.8 Å². The maximum absolute atomic E-state index is 12.3. The summed E-state index contributed by atoms with van der Waals surface area (Å²) in [5.74, 6) is -0.374. The third kappa shape index (κ3) is 2.37. The highest BCUT2D eigenvalue weighted by Crippen LogP contribution is 2.12. The van der Waals surface area contributed by atoms with E-state index in [1.54, 1.807) is 36.9 Å². The van der Waals surface area contributed by atoms with Gasteiger partial charge in [0.25, 0.3) is 11.5 Å². The molecule has 22 heavy (non-hydrogen) atoms. The predicted molar refractivity (Wildman–Crippen MR) is 82.4 cm³/mol. The number of nitrogens with zero attached hydrogens (tertiary/aromatic N) is 4. The minimum Gasteiger partial charge on any atom is -0.267 e. The Balaban J connectivity index is 1.95. The van der Waals surface area contributed by atoms with Crippen molar-refractivity contribution in [2.45, 2.75) is 13.8 Å². The van der Waals surface area contributed by atoms with Crippen molar-refractivity contribution in [2.75, 3.05) is 5.43 Å². The van der Waals surface area contributed by atoms with Crippen molar-refractivity contribution in [3.05, 3.63) is 57.5 Å². The molecule has 1 N–H and O–H groups in total. The zero-order valence-corrected chi connectivity index (χ0v) is 12.5. The van der Waals surface area contributed by atoms with Gasteiger partial charge in [0, 0.05) is 24.4 Å². The summed E-state index contributed by atoms with van der Waals surface area (Å²) < 4.78 is 2.86. The molecule has 0 radical (unpaired) electrons. The van der Waals surface area contributed by atoms with Crippen LogP contribution >= 0.6 is 0 Å². The van der Waals surface area contributed by atoms with Gasteiger partial charge < -0.3 is 0 Å². The Morgan fingerprint density at radius 2 is 1.95 bits per heavy atom. The van der Waals surface area contributed by atoms with Gasteiger partial charge in [-0.25, -0.2) is 9.36 Å². The van der Waals surface area contributed by atoms with Crippen LogP contribution in [0.3, 0.4) is 0 Å². The van der Waals surface area contributed by atoms with Crippen LogP contribution in [-0.2, 0) is 7.05 Å². The van der Waals surface area contributed by atoms with Crippen molar-refractivity contribution >= 4 is 16.9 Å². The SMILES string of the molecule is Cc1cc(C)n(NC(=O)c2ccc3c(c2)nnn3C)c(=O)c1. The first kappa shape index (κ1) is 14.0. The molecule has 3 rings (SSSR count). The number of aryl methyl sites for hydroxylation is 3. The zero-order valence-electron chi connectivity index (χ0n) is 12.5. The number of carbonyl (C=O) groups is 1. The fourth-order valence-corrected chi connectivity index (χ4v) is 2.36. The van der Waals surface area contributed by atoms with Gasteiger partial charge in [-0.3, -0.25) is 15.0 Å². The number of carbonyl (C=O) groups excluding carboxylic acids is 1. The second-order valence-electron chi connectivity index (χ2n) is 5.21. The summed E-state index contributed by atoms with van der Waals surface area (Å²) in [6.45, 7) is 3.60. The van der Waals surface area contributed by atoms with Crippen molar-refractivity contribution in [1.29, 1.82) is 0 Å². The maximum atomic E-state index is 12.3. The lowest BCUT2D eigenvalue weighted by atomic mass is 10.2. The third-order valence-electron chi connectivity index (χ3n) is 3.45. The first-order chi connectivity index (χ1) is 10.5. The minimum absolute atomic E-state index is 0.272. The average molecular weight is 297 g/mol. The molecule has 3 aromatic rings. The molecule has 0 aliphatic carbocycles. The first-order valence-electron chi connectivity index (χ1n) is 6.77. The van der Waals surface area contributed by atoms with E-state index in [4.69, 9.17) is 0 Å². The molecule has 0 spiro atoms. The standard InChI is InChI=1S/C15H15N5O2/c1-9-6-10(2)20(14(21)7-9)17-15(22)11-4-5-13-12(8-11)16-18-19(13)3/h4-8H,1-3H3,(H,17,22). The molecule has 1 aromatic carbocycles. The molecule has 0 atom stereocenters. The number of nitrogens with one attached hydrogen (secondary N) is 1. The molecule has 2 heterocycles. The van der Waals surface area contributed by atoms with Crippen LogP contribution in [0.4, 0.5) is 0 Å². The molecule has 1 amide bonds. The van der Waals surface area contributed by atoms with Gasteiger partial charge in [-0.15, -0.1) is 5.10 Å². The molecule has 112 valence electrons. The Kier molecular flexibility index (Phi) is 3.25. The molecular formula is C15H15N5O2. The van der Waals surface area contributed by atoms with E-state index in [1.807, 2.05) is 13.0 Å². The molecule has 0 aliphatic heterocycles. The normalized spacial score (nSPS) is 10.9. The number of fused-ring (bicyclic) bond motifs is 1. The lowest BCUT2D eigenvalue weighted by molar-refractivity contribution is 0.101. The predicted octanol–water partition coefficient (Wildman–Crippen LogP) is 1.13. The van der Waals surface area contributed by atoms with Crippen molar-refractivity contribution in [3.8, 4) is 0 Å². The number of hydrogen-bond donors (Lipinski definition) is 1. The molecule has 0 aliphatic rings. The van der Waals surface area contributed by atoms with Crippen molar-refractivity contribution in [3.63, 3.8) is 0 Å². The molecule has 7 nitrogen and oxygen atoms in total. The maximum Gasteiger partial charge on any atom is 0.270 e. The van der Waals surface area contributed by atoms with Gasteiger partial charge in [0.15, 0.2) is 0 Å². The number of amides is 1. The molecule has 0 saturated heterocycles. The average Bonchev–Trinajstić information content (AvgIpc) is 2.83. The molecular weight excluding hydrogens is 282 g/mol. The summed E-state index contributed by atoms with van der Waals surface area (Å²) in [7, 11) is 1.78. The summed E-state index contributed by atoms with van der Waals surface area (Å²) in [6, 6.07) is 8.39. The Bertz CT molecular complexity index is 939. The summed E-state index contributed by atoms with van der Waals surface area (Å²) in [6.07, 6.45) is 0. The van der Waals surface area contributed by atoms with E-state index in [0.717, 1.165) is 11.1 Å². The van der Waals surface area contributed by atoms with E-state index < -0.39 is 0 Å². The summed E-state index contributed by atoms with van der Waals surface area (Å²) in [5.41, 5.74) is 5.73. The fraction of sp³-hybridized carbons (Fsp3) is 0.200. The van der Waals surface area contributed by atoms with E-state index in [-0.39, 0.29) is 11.5 Å². The van der Waals surface area contributed by atoms with Crippen LogP contribution in [0.2, 0.25) is 0 Å². The number of rotatable bonds is 2. The lowest BCUT2D eigenvalue weighted by Crippen LogP contribution is -2.34. The number of hydrogen-bond acceptors (Lipinski definition) is 4. The number of benzene rings is 1. The van der Waals surface area contributed by atoms with E-state index in [9.17, 15) is 9.59 Å². The van der Waals surface area contributed by atoms with Crippen molar-refractivity contribution in [1.82, 2.24) is 19.7 Å². The van der Waals surface area contributed by atoms with Gasteiger partial charge >= 0.3 is 0 Å². The van der Waals surface area contributed by atoms with Crippen LogP contribution in [0.15, 0.2) is 35.1 Å². The largest absolute Gasteiger partial charge is 0.270 e. The van der Waals surface area contributed by atoms with Crippen LogP contribution in [0.5, 0.6) is 0 Å². The van der Waals surface area contributed by atoms with Crippen molar-refractivity contribution in [2.24, 2.45) is 7.05 Å². The Morgan fingerprint density at radius 3 is 2.68 bits per heavy atom. The van der Waals surface area contributed by atoms with Crippen LogP contribution in [0.25, 0.3) is 11.0 Å². The molecule has 0 unspecified atom stereocenters. The van der Waals surface area contributed by atoms with Crippen LogP contribution < -0.4 is 11.0 Å². The summed E-state index contributed by atoms with van der Waals surface area (Å²) >= 11 is 0. The van der Waals surface area contributed by atoms with E-state index in [1.165, 1.54) is 10.7 Å². The van der Waals surface area contributed by atoms with Crippen LogP contribution in [-0.4, -0.2) is 25.6 Å². The van der Waals surface area contributed by atoms with Gasteiger partial charge in [0.05, 0.1) is 5.52 Å². The third-order valence-corrected chi connectivity index (χ3v) is 3.45. The van der Waals surface area contributed by atoms with Gasteiger partial charge in [-0.2, -0.15) is 0 Å². The molecule has 0 saturated carbocycles. The molecule has 7 heteroatoms. The number of aromatic nitrogens is 4. The van der Waals surface area contributed by atoms with Crippen LogP contribution in [0.1, 0.15) is 21.6 Å². The van der Waals surface area contributed by atoms with E-state index in [2.05, 4.69) is 15.7 Å². The summed E-state index contributed by atoms with van der Waals surface area (Å²) in [5, 5.41) is 7.88. The highest BCUT2D eigenvalue weighted by atomic mass is 16.2. The fourth-order valence-electron chi connectivity index (χ4n) is 2.36. The second kappa shape index (κ2) is 5.10. The topological polar surface area (TPSA) is 81.8 Å². The Hall–Kier alpha value is -2.96. The second-order valence-corrected chi connectivity index (χ2v) is 5.21. The smallest absolute Gasteiger partial charge is 0.267 e. The molecule has 0 fully saturated rings. The molecule has 2 aromatic heterocycles. The monoisotopic (exact) mass is 297 g/mol. The van der Waals surface area contributed by atoms with Gasteiger partial charge in [0.2, 0.25) is 0 Å². The minimum atomic E-state index is -0.374. The van der Waals surface area contributed by atoms with Crippen molar-refractivity contribution < 1.29 is 4.79 Å². The summed E-state index contributed by atoms with van der Waals surface area (Å²) in [4.78, 5) is 24.3. The Labute approximate surface area is 126 Å². The van der Waals surface area contributed by atoms with E-state index >= 15 is 0 Å². The first-order valence-corrected chi connectivity index (χ1v) is 6.77. The number of pyridine rings is 1. The highest BCUT2D eigenvalue weighted by Gasteiger charge is 2.11. The quantitative estimate of drug-likeness (QED) is 0.769. The lowest BCUT2D eigenvalue weighted by Gasteiger charge is -2.11. The highest BCUT2D eigenvalue weighted by molar-refractivity contribution is 6.02. The van der Waals surface area contributed by atoms with Gasteiger partial charge in [0.1, 0.15) is 5.52 Å². The molecule has 0 bridgehead atoms. The van der Waals surface area contributed by atoms with Gasteiger partial charge in [-0.05, 0) is 43.7 Å². The van der Waals surface area contributed by atoms with Gasteiger partial charge in [-0.1, -0.05) is 5.21 Å². The Morgan fingerprint density at radius 1 is 1.18 bits per heavy atom. The zero-order chi connectivity index (χ0) is 15.9.